The first kappa shape index (κ1) is 15.2. The highest BCUT2D eigenvalue weighted by atomic mass is 35.5. The van der Waals surface area contributed by atoms with Gasteiger partial charge < -0.3 is 24.7 Å². The fraction of sp³-hybridized carbons (Fsp3) is 0.200. The van der Waals surface area contributed by atoms with Gasteiger partial charge in [0, 0.05) is 28.7 Å². The fourth-order valence-electron chi connectivity index (χ4n) is 2.21. The molecule has 2 aromatic heterocycles. The Morgan fingerprint density at radius 2 is 2.26 bits per heavy atom. The number of carboxylic acid groups (broad SMARTS) is 1. The summed E-state index contributed by atoms with van der Waals surface area (Å²) in [6.45, 7) is 2.24. The minimum atomic E-state index is -1.08. The SMILES string of the molecule is Cc1cc(COc2cc3[nH]c(CNC(=O)O)cc3cc2Cl)no1. The Hall–Kier alpha value is -2.67. The molecule has 0 aliphatic heterocycles. The number of benzene rings is 1. The molecule has 0 unspecified atom stereocenters. The zero-order chi connectivity index (χ0) is 16.4. The van der Waals surface area contributed by atoms with Gasteiger partial charge in [0.25, 0.3) is 0 Å². The molecule has 0 aliphatic carbocycles. The Morgan fingerprint density at radius 3 is 2.96 bits per heavy atom. The first-order valence-corrected chi connectivity index (χ1v) is 7.22. The number of nitrogens with one attached hydrogen (secondary N) is 2. The number of hydrogen-bond donors (Lipinski definition) is 3. The molecular formula is C15H14ClN3O4. The van der Waals surface area contributed by atoms with E-state index in [-0.39, 0.29) is 13.2 Å². The highest BCUT2D eigenvalue weighted by Crippen LogP contribution is 2.31. The quantitative estimate of drug-likeness (QED) is 0.663. The summed E-state index contributed by atoms with van der Waals surface area (Å²) in [5, 5.41) is 16.1. The second-order valence-electron chi connectivity index (χ2n) is 5.04. The van der Waals surface area contributed by atoms with Gasteiger partial charge in [-0.3, -0.25) is 0 Å². The van der Waals surface area contributed by atoms with Crippen molar-refractivity contribution in [3.05, 3.63) is 46.4 Å². The lowest BCUT2D eigenvalue weighted by atomic mass is 10.2. The van der Waals surface area contributed by atoms with Gasteiger partial charge in [-0.2, -0.15) is 0 Å². The third-order valence-corrected chi connectivity index (χ3v) is 3.51. The monoisotopic (exact) mass is 335 g/mol. The second kappa shape index (κ2) is 6.21. The summed E-state index contributed by atoms with van der Waals surface area (Å²) >= 11 is 6.22. The number of aromatic nitrogens is 2. The zero-order valence-electron chi connectivity index (χ0n) is 12.2. The van der Waals surface area contributed by atoms with Crippen LogP contribution in [0.15, 0.2) is 28.8 Å². The molecule has 0 spiro atoms. The van der Waals surface area contributed by atoms with Crippen molar-refractivity contribution >= 4 is 28.6 Å². The van der Waals surface area contributed by atoms with Gasteiger partial charge in [-0.05, 0) is 19.1 Å². The minimum Gasteiger partial charge on any atom is -0.486 e. The molecule has 0 atom stereocenters. The van der Waals surface area contributed by atoms with Crippen LogP contribution in [0.1, 0.15) is 17.1 Å². The molecule has 3 rings (SSSR count). The lowest BCUT2D eigenvalue weighted by Gasteiger charge is -2.06. The van der Waals surface area contributed by atoms with Gasteiger partial charge in [0.05, 0.1) is 11.6 Å². The van der Waals surface area contributed by atoms with E-state index in [1.165, 1.54) is 0 Å². The first-order valence-electron chi connectivity index (χ1n) is 6.84. The molecular weight excluding hydrogens is 322 g/mol. The average Bonchev–Trinajstić information content (AvgIpc) is 3.08. The number of rotatable bonds is 5. The van der Waals surface area contributed by atoms with Crippen molar-refractivity contribution in [3.8, 4) is 5.75 Å². The van der Waals surface area contributed by atoms with Gasteiger partial charge in [-0.25, -0.2) is 4.79 Å². The lowest BCUT2D eigenvalue weighted by molar-refractivity contribution is 0.194. The predicted molar refractivity (Wildman–Crippen MR) is 83.7 cm³/mol. The number of nitrogens with zero attached hydrogens (tertiary/aromatic N) is 1. The van der Waals surface area contributed by atoms with Crippen LogP contribution in [0.5, 0.6) is 5.75 Å². The maximum absolute atomic E-state index is 10.5. The summed E-state index contributed by atoms with van der Waals surface area (Å²) in [5.74, 6) is 1.23. The Kier molecular flexibility index (Phi) is 4.12. The van der Waals surface area contributed by atoms with E-state index in [9.17, 15) is 4.79 Å². The summed E-state index contributed by atoms with van der Waals surface area (Å²) in [6, 6.07) is 7.16. The molecule has 1 aromatic carbocycles. The van der Waals surface area contributed by atoms with Crippen molar-refractivity contribution in [2.45, 2.75) is 20.1 Å². The molecule has 0 saturated carbocycles. The highest BCUT2D eigenvalue weighted by molar-refractivity contribution is 6.32. The molecule has 0 bridgehead atoms. The van der Waals surface area contributed by atoms with E-state index in [0.717, 1.165) is 16.6 Å². The highest BCUT2D eigenvalue weighted by Gasteiger charge is 2.09. The van der Waals surface area contributed by atoms with Crippen molar-refractivity contribution in [1.82, 2.24) is 15.5 Å². The van der Waals surface area contributed by atoms with Gasteiger partial charge in [0.2, 0.25) is 0 Å². The third kappa shape index (κ3) is 3.57. The van der Waals surface area contributed by atoms with Crippen molar-refractivity contribution in [1.29, 1.82) is 0 Å². The number of aryl methyl sites for hydroxylation is 1. The average molecular weight is 336 g/mol. The number of amides is 1. The van der Waals surface area contributed by atoms with Crippen LogP contribution in [0.25, 0.3) is 10.9 Å². The smallest absolute Gasteiger partial charge is 0.404 e. The van der Waals surface area contributed by atoms with E-state index in [1.807, 2.05) is 6.07 Å². The van der Waals surface area contributed by atoms with Gasteiger partial charge in [0.1, 0.15) is 23.8 Å². The van der Waals surface area contributed by atoms with E-state index >= 15 is 0 Å². The molecule has 0 fully saturated rings. The van der Waals surface area contributed by atoms with Crippen LogP contribution < -0.4 is 10.1 Å². The number of fused-ring (bicyclic) bond motifs is 1. The molecule has 8 heteroatoms. The minimum absolute atomic E-state index is 0.191. The van der Waals surface area contributed by atoms with Crippen molar-refractivity contribution in [2.75, 3.05) is 0 Å². The Bertz CT molecular complexity index is 856. The van der Waals surface area contributed by atoms with Crippen LogP contribution in [0, 0.1) is 6.92 Å². The maximum atomic E-state index is 10.5. The number of ether oxygens (including phenoxy) is 1. The normalized spacial score (nSPS) is 10.9. The number of halogens is 1. The molecule has 0 radical (unpaired) electrons. The molecule has 3 N–H and O–H groups in total. The van der Waals surface area contributed by atoms with E-state index in [1.54, 1.807) is 25.1 Å². The molecule has 3 aromatic rings. The molecule has 2 heterocycles. The van der Waals surface area contributed by atoms with E-state index in [0.29, 0.717) is 22.2 Å². The van der Waals surface area contributed by atoms with E-state index in [2.05, 4.69) is 15.5 Å². The standard InChI is InChI=1S/C15H14ClN3O4/c1-8-2-11(19-23-8)7-22-14-5-13-9(4-12(14)16)3-10(18-13)6-17-15(20)21/h2-5,17-18H,6-7H2,1H3,(H,20,21). The molecule has 0 aliphatic rings. The topological polar surface area (TPSA) is 100 Å². The summed E-state index contributed by atoms with van der Waals surface area (Å²) < 4.78 is 10.6. The summed E-state index contributed by atoms with van der Waals surface area (Å²) in [7, 11) is 0. The number of H-pyrrole nitrogens is 1. The van der Waals surface area contributed by atoms with Crippen molar-refractivity contribution in [2.24, 2.45) is 0 Å². The van der Waals surface area contributed by atoms with Crippen LogP contribution in [0.2, 0.25) is 5.02 Å². The lowest BCUT2D eigenvalue weighted by Crippen LogP contribution is -2.19. The third-order valence-electron chi connectivity index (χ3n) is 3.21. The molecule has 120 valence electrons. The molecule has 1 amide bonds. The maximum Gasteiger partial charge on any atom is 0.404 e. The molecule has 7 nitrogen and oxygen atoms in total. The number of carbonyl (C=O) groups is 1. The number of hydrogen-bond acceptors (Lipinski definition) is 4. The van der Waals surface area contributed by atoms with Crippen LogP contribution in [0.4, 0.5) is 4.79 Å². The molecule has 23 heavy (non-hydrogen) atoms. The Balaban J connectivity index is 1.77. The van der Waals surface area contributed by atoms with Crippen LogP contribution >= 0.6 is 11.6 Å². The Morgan fingerprint density at radius 1 is 1.43 bits per heavy atom. The van der Waals surface area contributed by atoms with E-state index in [4.69, 9.17) is 26.0 Å². The van der Waals surface area contributed by atoms with Crippen LogP contribution in [-0.4, -0.2) is 21.3 Å². The van der Waals surface area contributed by atoms with Gasteiger partial charge >= 0.3 is 6.09 Å². The Labute approximate surface area is 136 Å². The summed E-state index contributed by atoms with van der Waals surface area (Å²) in [5.41, 5.74) is 2.22. The fourth-order valence-corrected chi connectivity index (χ4v) is 2.43. The van der Waals surface area contributed by atoms with Crippen molar-refractivity contribution < 1.29 is 19.2 Å². The predicted octanol–water partition coefficient (Wildman–Crippen LogP) is 3.46. The van der Waals surface area contributed by atoms with E-state index < -0.39 is 6.09 Å². The van der Waals surface area contributed by atoms with Gasteiger partial charge in [-0.1, -0.05) is 16.8 Å². The van der Waals surface area contributed by atoms with Crippen LogP contribution in [0.3, 0.4) is 0 Å². The largest absolute Gasteiger partial charge is 0.486 e. The summed E-state index contributed by atoms with van der Waals surface area (Å²) in [4.78, 5) is 13.7. The van der Waals surface area contributed by atoms with Crippen molar-refractivity contribution in [3.63, 3.8) is 0 Å². The number of aromatic amines is 1. The van der Waals surface area contributed by atoms with Crippen LogP contribution in [-0.2, 0) is 13.2 Å². The summed E-state index contributed by atoms with van der Waals surface area (Å²) in [6.07, 6.45) is -1.08. The zero-order valence-corrected chi connectivity index (χ0v) is 13.0. The second-order valence-corrected chi connectivity index (χ2v) is 5.45. The van der Waals surface area contributed by atoms with Gasteiger partial charge in [-0.15, -0.1) is 0 Å². The first-order chi connectivity index (χ1) is 11.0. The molecule has 0 saturated heterocycles. The van der Waals surface area contributed by atoms with Gasteiger partial charge in [0.15, 0.2) is 0 Å².